The molecule has 0 unspecified atom stereocenters. The summed E-state index contributed by atoms with van der Waals surface area (Å²) in [5, 5.41) is 12.1. The zero-order valence-corrected chi connectivity index (χ0v) is 27.7. The molecule has 1 aliphatic rings. The van der Waals surface area contributed by atoms with Crippen molar-refractivity contribution in [3.63, 3.8) is 0 Å². The fourth-order valence-electron chi connectivity index (χ4n) is 5.40. The number of fused-ring (bicyclic) bond motifs is 3. The van der Waals surface area contributed by atoms with Crippen molar-refractivity contribution in [3.05, 3.63) is 75.8 Å². The van der Waals surface area contributed by atoms with Crippen LogP contribution in [0.15, 0.2) is 57.6 Å². The van der Waals surface area contributed by atoms with Crippen LogP contribution in [0.2, 0.25) is 0 Å². The maximum Gasteiger partial charge on any atom is 0.416 e. The van der Waals surface area contributed by atoms with Gasteiger partial charge < -0.3 is 23.9 Å². The fraction of sp³-hybridized carbons (Fsp3) is 0.375. The molecule has 0 spiro atoms. The highest BCUT2D eigenvalue weighted by Crippen LogP contribution is 2.46. The number of benzene rings is 2. The molecule has 0 bridgehead atoms. The van der Waals surface area contributed by atoms with E-state index < -0.39 is 29.2 Å². The zero-order valence-electron chi connectivity index (χ0n) is 25.3. The van der Waals surface area contributed by atoms with Crippen molar-refractivity contribution in [3.8, 4) is 5.75 Å². The van der Waals surface area contributed by atoms with Crippen LogP contribution in [-0.4, -0.2) is 46.1 Å². The van der Waals surface area contributed by atoms with Crippen LogP contribution >= 0.6 is 27.7 Å². The van der Waals surface area contributed by atoms with Gasteiger partial charge in [-0.15, -0.1) is 5.10 Å². The third kappa shape index (κ3) is 7.67. The Morgan fingerprint density at radius 1 is 1.00 bits per heavy atom. The van der Waals surface area contributed by atoms with Gasteiger partial charge in [-0.3, -0.25) is 0 Å². The van der Waals surface area contributed by atoms with Crippen molar-refractivity contribution >= 4 is 61.0 Å². The number of rotatable bonds is 12. The second-order valence-corrected chi connectivity index (χ2v) is 13.6. The molecule has 0 radical (unpaired) electrons. The van der Waals surface area contributed by atoms with Gasteiger partial charge in [0.05, 0.1) is 57.1 Å². The molecule has 3 aromatic heterocycles. The second-order valence-electron chi connectivity index (χ2n) is 11.6. The monoisotopic (exact) mass is 741 g/mol. The van der Waals surface area contributed by atoms with Crippen molar-refractivity contribution < 1.29 is 35.5 Å². The molecule has 0 saturated heterocycles. The quantitative estimate of drug-likeness (QED) is 0.101. The third-order valence-corrected chi connectivity index (χ3v) is 9.24. The standard InChI is InChI=1S/C32H30BrF6N5O2S/c1-43(2)16-22-6-7-23(46-22)17-47-9-3-8-45-28-13-24-26(14-25(28)33)44(21-4-5-21)27-15-40-42-30(29(24)27)41-20-11-18(31(34,35)36)10-19(12-20)32(37,38)39/h6-7,10-15,21H,3-5,8-9,16-17H2,1-2H3,(H,41,42). The van der Waals surface area contributed by atoms with Crippen LogP contribution in [0.1, 0.15) is 48.0 Å². The molecule has 2 aromatic carbocycles. The molecule has 7 nitrogen and oxygen atoms in total. The summed E-state index contributed by atoms with van der Waals surface area (Å²) in [4.78, 5) is 2.04. The van der Waals surface area contributed by atoms with Gasteiger partial charge in [-0.05, 0) is 97.5 Å². The van der Waals surface area contributed by atoms with Gasteiger partial charge in [-0.25, -0.2) is 0 Å². The molecule has 1 N–H and O–H groups in total. The predicted molar refractivity (Wildman–Crippen MR) is 173 cm³/mol. The molecular formula is C32H30BrF6N5O2S. The molecule has 47 heavy (non-hydrogen) atoms. The summed E-state index contributed by atoms with van der Waals surface area (Å²) < 4.78 is 96.1. The molecule has 0 amide bonds. The minimum atomic E-state index is -4.98. The average molecular weight is 743 g/mol. The lowest BCUT2D eigenvalue weighted by atomic mass is 10.1. The van der Waals surface area contributed by atoms with Gasteiger partial charge in [0, 0.05) is 17.1 Å². The minimum absolute atomic E-state index is 0.0377. The van der Waals surface area contributed by atoms with Crippen LogP contribution in [0.5, 0.6) is 5.75 Å². The maximum absolute atomic E-state index is 13.6. The Balaban J connectivity index is 1.24. The lowest BCUT2D eigenvalue weighted by molar-refractivity contribution is -0.143. The Kier molecular flexibility index (Phi) is 9.42. The summed E-state index contributed by atoms with van der Waals surface area (Å²) in [5.41, 5.74) is -1.77. The fourth-order valence-corrected chi connectivity index (χ4v) is 6.67. The van der Waals surface area contributed by atoms with E-state index in [9.17, 15) is 26.3 Å². The third-order valence-electron chi connectivity index (χ3n) is 7.56. The number of thioether (sulfide) groups is 1. The van der Waals surface area contributed by atoms with Crippen molar-refractivity contribution in [2.75, 3.05) is 31.8 Å². The number of anilines is 2. The number of nitrogens with one attached hydrogen (secondary N) is 1. The highest BCUT2D eigenvalue weighted by molar-refractivity contribution is 9.10. The summed E-state index contributed by atoms with van der Waals surface area (Å²) in [6.07, 6.45) is -5.80. The SMILES string of the molecule is CN(C)Cc1ccc(CSCCCOc2cc3c4c(Nc5cc(C(F)(F)F)cc(C(F)(F)F)c5)nncc4n(C4CC4)c3cc2Br)o1. The van der Waals surface area contributed by atoms with Crippen molar-refractivity contribution in [1.29, 1.82) is 0 Å². The van der Waals surface area contributed by atoms with Crippen LogP contribution < -0.4 is 10.1 Å². The number of aromatic nitrogens is 3. The summed E-state index contributed by atoms with van der Waals surface area (Å²) in [5.74, 6) is 4.01. The number of furan rings is 1. The molecule has 0 atom stereocenters. The molecule has 250 valence electrons. The first kappa shape index (κ1) is 33.5. The molecule has 1 fully saturated rings. The van der Waals surface area contributed by atoms with E-state index in [0.717, 1.165) is 58.8 Å². The first-order valence-corrected chi connectivity index (χ1v) is 16.7. The van der Waals surface area contributed by atoms with Crippen molar-refractivity contribution in [2.24, 2.45) is 0 Å². The van der Waals surface area contributed by atoms with Gasteiger partial charge in [0.15, 0.2) is 5.82 Å². The number of alkyl halides is 6. The number of hydrogen-bond donors (Lipinski definition) is 1. The van der Waals surface area contributed by atoms with Crippen LogP contribution in [0.3, 0.4) is 0 Å². The Hall–Kier alpha value is -3.43. The average Bonchev–Trinajstić information content (AvgIpc) is 3.64. The van der Waals surface area contributed by atoms with Crippen molar-refractivity contribution in [1.82, 2.24) is 19.7 Å². The second kappa shape index (κ2) is 13.2. The summed E-state index contributed by atoms with van der Waals surface area (Å²) >= 11 is 5.35. The Morgan fingerprint density at radius 3 is 2.36 bits per heavy atom. The Morgan fingerprint density at radius 2 is 1.70 bits per heavy atom. The van der Waals surface area contributed by atoms with Gasteiger partial charge >= 0.3 is 12.4 Å². The minimum Gasteiger partial charge on any atom is -0.492 e. The largest absolute Gasteiger partial charge is 0.492 e. The molecule has 1 saturated carbocycles. The molecule has 6 rings (SSSR count). The zero-order chi connectivity index (χ0) is 33.5. The van der Waals surface area contributed by atoms with Gasteiger partial charge in [0.25, 0.3) is 0 Å². The summed E-state index contributed by atoms with van der Waals surface area (Å²) in [6, 6.07) is 9.25. The Labute approximate surface area is 278 Å². The van der Waals surface area contributed by atoms with Gasteiger partial charge in [-0.2, -0.15) is 43.2 Å². The van der Waals surface area contributed by atoms with E-state index in [1.165, 1.54) is 0 Å². The van der Waals surface area contributed by atoms with Gasteiger partial charge in [-0.1, -0.05) is 0 Å². The van der Waals surface area contributed by atoms with E-state index >= 15 is 0 Å². The van der Waals surface area contributed by atoms with Crippen LogP contribution in [-0.2, 0) is 24.7 Å². The van der Waals surface area contributed by atoms with Gasteiger partial charge in [0.2, 0.25) is 0 Å². The Bertz CT molecular complexity index is 1870. The first-order valence-electron chi connectivity index (χ1n) is 14.8. The summed E-state index contributed by atoms with van der Waals surface area (Å²) in [6.45, 7) is 1.17. The topological polar surface area (TPSA) is 68.3 Å². The highest BCUT2D eigenvalue weighted by atomic mass is 79.9. The van der Waals surface area contributed by atoms with E-state index in [-0.39, 0.29) is 17.9 Å². The van der Waals surface area contributed by atoms with Crippen molar-refractivity contribution in [2.45, 2.75) is 50.0 Å². The normalized spacial score (nSPS) is 14.1. The lowest BCUT2D eigenvalue weighted by Gasteiger charge is -2.15. The van der Waals surface area contributed by atoms with E-state index in [2.05, 4.69) is 36.0 Å². The lowest BCUT2D eigenvalue weighted by Crippen LogP contribution is -2.11. The smallest absolute Gasteiger partial charge is 0.416 e. The molecule has 15 heteroatoms. The summed E-state index contributed by atoms with van der Waals surface area (Å²) in [7, 11) is 3.97. The number of hydrogen-bond acceptors (Lipinski definition) is 7. The predicted octanol–water partition coefficient (Wildman–Crippen LogP) is 9.82. The van der Waals surface area contributed by atoms with E-state index in [1.54, 1.807) is 18.0 Å². The van der Waals surface area contributed by atoms with E-state index in [1.807, 2.05) is 43.3 Å². The van der Waals surface area contributed by atoms with Crippen LogP contribution in [0.25, 0.3) is 21.8 Å². The molecule has 0 aliphatic heterocycles. The number of ether oxygens (including phenoxy) is 1. The molecule has 3 heterocycles. The highest BCUT2D eigenvalue weighted by Gasteiger charge is 2.37. The number of nitrogens with zero attached hydrogens (tertiary/aromatic N) is 4. The first-order chi connectivity index (χ1) is 22.3. The van der Waals surface area contributed by atoms with E-state index in [4.69, 9.17) is 9.15 Å². The maximum atomic E-state index is 13.6. The van der Waals surface area contributed by atoms with Gasteiger partial charge in [0.1, 0.15) is 17.3 Å². The van der Waals surface area contributed by atoms with E-state index in [0.29, 0.717) is 40.8 Å². The van der Waals surface area contributed by atoms with Crippen LogP contribution in [0, 0.1) is 0 Å². The molecule has 1 aliphatic carbocycles. The molecule has 5 aromatic rings. The number of halogens is 7. The van der Waals surface area contributed by atoms with Crippen LogP contribution in [0.4, 0.5) is 37.8 Å². The molecular weight excluding hydrogens is 712 g/mol.